The first-order valence-corrected chi connectivity index (χ1v) is 7.49. The van der Waals surface area contributed by atoms with Crippen molar-refractivity contribution in [3.63, 3.8) is 0 Å². The van der Waals surface area contributed by atoms with E-state index in [9.17, 15) is 0 Å². The molecule has 2 rings (SSSR count). The lowest BCUT2D eigenvalue weighted by Gasteiger charge is -2.12. The van der Waals surface area contributed by atoms with E-state index < -0.39 is 0 Å². The second kappa shape index (κ2) is 6.31. The van der Waals surface area contributed by atoms with Gasteiger partial charge in [0.2, 0.25) is 0 Å². The number of thiazole rings is 1. The van der Waals surface area contributed by atoms with Gasteiger partial charge in [-0.05, 0) is 18.6 Å². The van der Waals surface area contributed by atoms with Gasteiger partial charge in [-0.3, -0.25) is 0 Å². The molecule has 0 radical (unpaired) electrons. The number of halogens is 1. The summed E-state index contributed by atoms with van der Waals surface area (Å²) in [5.41, 5.74) is 2.06. The molecular formula is C13H15BrN2OS. The Labute approximate surface area is 119 Å². The maximum absolute atomic E-state index is 9.15. The zero-order valence-corrected chi connectivity index (χ0v) is 12.5. The number of rotatable bonds is 5. The first-order chi connectivity index (χ1) is 8.72. The zero-order valence-electron chi connectivity index (χ0n) is 10.1. The Morgan fingerprint density at radius 2 is 2.11 bits per heavy atom. The van der Waals surface area contributed by atoms with Crippen LogP contribution < -0.4 is 5.32 Å². The minimum Gasteiger partial charge on any atom is -0.394 e. The molecule has 0 fully saturated rings. The number of hydrogen-bond acceptors (Lipinski definition) is 4. The molecule has 0 unspecified atom stereocenters. The van der Waals surface area contributed by atoms with Crippen LogP contribution in [0, 0.1) is 0 Å². The molecule has 0 saturated carbocycles. The van der Waals surface area contributed by atoms with Crippen LogP contribution in [-0.2, 0) is 0 Å². The summed E-state index contributed by atoms with van der Waals surface area (Å²) in [5, 5.41) is 15.3. The lowest BCUT2D eigenvalue weighted by Crippen LogP contribution is -2.22. The SMILES string of the molecule is CC[C@@H](CO)Nc1nc(-c2ccc(Br)cc2)cs1. The first kappa shape index (κ1) is 13.5. The van der Waals surface area contributed by atoms with Crippen LogP contribution in [0.25, 0.3) is 11.3 Å². The largest absolute Gasteiger partial charge is 0.394 e. The van der Waals surface area contributed by atoms with Crippen LogP contribution in [0.4, 0.5) is 5.13 Å². The summed E-state index contributed by atoms with van der Waals surface area (Å²) in [7, 11) is 0. The van der Waals surface area contributed by atoms with Crippen molar-refractivity contribution < 1.29 is 5.11 Å². The van der Waals surface area contributed by atoms with Crippen molar-refractivity contribution in [2.24, 2.45) is 0 Å². The predicted molar refractivity (Wildman–Crippen MR) is 80.0 cm³/mol. The topological polar surface area (TPSA) is 45.1 Å². The van der Waals surface area contributed by atoms with E-state index in [1.165, 1.54) is 0 Å². The zero-order chi connectivity index (χ0) is 13.0. The highest BCUT2D eigenvalue weighted by Gasteiger charge is 2.08. The van der Waals surface area contributed by atoms with Crippen molar-refractivity contribution in [2.45, 2.75) is 19.4 Å². The fourth-order valence-electron chi connectivity index (χ4n) is 1.54. The van der Waals surface area contributed by atoms with E-state index in [0.717, 1.165) is 27.3 Å². The van der Waals surface area contributed by atoms with Gasteiger partial charge in [-0.25, -0.2) is 4.98 Å². The maximum atomic E-state index is 9.15. The highest BCUT2D eigenvalue weighted by molar-refractivity contribution is 9.10. The number of nitrogens with one attached hydrogen (secondary N) is 1. The molecule has 1 aromatic heterocycles. The molecular weight excluding hydrogens is 312 g/mol. The number of hydrogen-bond donors (Lipinski definition) is 2. The Balaban J connectivity index is 2.12. The van der Waals surface area contributed by atoms with Crippen LogP contribution in [0.3, 0.4) is 0 Å². The Morgan fingerprint density at radius 1 is 1.39 bits per heavy atom. The number of anilines is 1. The number of aliphatic hydroxyl groups is 1. The fourth-order valence-corrected chi connectivity index (χ4v) is 2.61. The summed E-state index contributed by atoms with van der Waals surface area (Å²) in [5.74, 6) is 0. The van der Waals surface area contributed by atoms with Gasteiger partial charge >= 0.3 is 0 Å². The number of aliphatic hydroxyl groups excluding tert-OH is 1. The van der Waals surface area contributed by atoms with Gasteiger partial charge in [-0.15, -0.1) is 11.3 Å². The molecule has 1 heterocycles. The lowest BCUT2D eigenvalue weighted by molar-refractivity contribution is 0.272. The van der Waals surface area contributed by atoms with Crippen LogP contribution in [0.1, 0.15) is 13.3 Å². The molecule has 0 aliphatic heterocycles. The van der Waals surface area contributed by atoms with Gasteiger partial charge in [0.25, 0.3) is 0 Å². The average Bonchev–Trinajstić information content (AvgIpc) is 2.85. The molecule has 2 N–H and O–H groups in total. The Hall–Kier alpha value is -0.910. The van der Waals surface area contributed by atoms with E-state index in [-0.39, 0.29) is 12.6 Å². The van der Waals surface area contributed by atoms with Crippen molar-refractivity contribution in [3.05, 3.63) is 34.1 Å². The van der Waals surface area contributed by atoms with Crippen molar-refractivity contribution in [3.8, 4) is 11.3 Å². The smallest absolute Gasteiger partial charge is 0.183 e. The van der Waals surface area contributed by atoms with Crippen LogP contribution in [-0.4, -0.2) is 22.7 Å². The van der Waals surface area contributed by atoms with Crippen LogP contribution in [0.15, 0.2) is 34.1 Å². The highest BCUT2D eigenvalue weighted by Crippen LogP contribution is 2.26. The standard InChI is InChI=1S/C13H15BrN2OS/c1-2-11(7-17)15-13-16-12(8-18-13)9-3-5-10(14)6-4-9/h3-6,8,11,17H,2,7H2,1H3,(H,15,16)/t11-/m0/s1. The summed E-state index contributed by atoms with van der Waals surface area (Å²) in [6.07, 6.45) is 0.879. The third-order valence-electron chi connectivity index (χ3n) is 2.68. The molecule has 1 aromatic carbocycles. The molecule has 1 atom stereocenters. The van der Waals surface area contributed by atoms with E-state index in [1.54, 1.807) is 11.3 Å². The van der Waals surface area contributed by atoms with E-state index in [1.807, 2.05) is 36.6 Å². The van der Waals surface area contributed by atoms with Gasteiger partial charge in [0.05, 0.1) is 18.3 Å². The number of aromatic nitrogens is 1. The third kappa shape index (κ3) is 3.31. The Bertz CT molecular complexity index is 494. The van der Waals surface area contributed by atoms with Crippen molar-refractivity contribution in [1.82, 2.24) is 4.98 Å². The quantitative estimate of drug-likeness (QED) is 0.879. The summed E-state index contributed by atoms with van der Waals surface area (Å²) in [6.45, 7) is 2.17. The Morgan fingerprint density at radius 3 is 2.72 bits per heavy atom. The Kier molecular flexibility index (Phi) is 4.74. The molecule has 0 amide bonds. The van der Waals surface area contributed by atoms with Crippen LogP contribution >= 0.6 is 27.3 Å². The molecule has 0 bridgehead atoms. The molecule has 2 aromatic rings. The van der Waals surface area contributed by atoms with Gasteiger partial charge < -0.3 is 10.4 Å². The van der Waals surface area contributed by atoms with Crippen LogP contribution in [0.2, 0.25) is 0 Å². The van der Waals surface area contributed by atoms with Crippen molar-refractivity contribution >= 4 is 32.4 Å². The summed E-state index contributed by atoms with van der Waals surface area (Å²) >= 11 is 4.98. The lowest BCUT2D eigenvalue weighted by atomic mass is 10.2. The van der Waals surface area contributed by atoms with E-state index in [0.29, 0.717) is 0 Å². The third-order valence-corrected chi connectivity index (χ3v) is 3.99. The predicted octanol–water partition coefficient (Wildman–Crippen LogP) is 3.76. The first-order valence-electron chi connectivity index (χ1n) is 5.81. The minimum absolute atomic E-state index is 0.0777. The molecule has 3 nitrogen and oxygen atoms in total. The monoisotopic (exact) mass is 326 g/mol. The fraction of sp³-hybridized carbons (Fsp3) is 0.308. The second-order valence-corrected chi connectivity index (χ2v) is 5.75. The number of nitrogens with zero attached hydrogens (tertiary/aromatic N) is 1. The summed E-state index contributed by atoms with van der Waals surface area (Å²) < 4.78 is 1.06. The molecule has 18 heavy (non-hydrogen) atoms. The number of benzene rings is 1. The molecule has 5 heteroatoms. The highest BCUT2D eigenvalue weighted by atomic mass is 79.9. The van der Waals surface area contributed by atoms with Crippen LogP contribution in [0.5, 0.6) is 0 Å². The van der Waals surface area contributed by atoms with Gasteiger partial charge in [-0.1, -0.05) is 35.0 Å². The van der Waals surface area contributed by atoms with E-state index in [2.05, 4.69) is 26.2 Å². The molecule has 0 aliphatic carbocycles. The summed E-state index contributed by atoms with van der Waals surface area (Å²) in [4.78, 5) is 4.53. The van der Waals surface area contributed by atoms with E-state index in [4.69, 9.17) is 5.11 Å². The molecule has 0 spiro atoms. The average molecular weight is 327 g/mol. The minimum atomic E-state index is 0.0777. The van der Waals surface area contributed by atoms with Crippen molar-refractivity contribution in [1.29, 1.82) is 0 Å². The molecule has 96 valence electrons. The van der Waals surface area contributed by atoms with E-state index >= 15 is 0 Å². The van der Waals surface area contributed by atoms with Crippen molar-refractivity contribution in [2.75, 3.05) is 11.9 Å². The van der Waals surface area contributed by atoms with Gasteiger partial charge in [-0.2, -0.15) is 0 Å². The van der Waals surface area contributed by atoms with Gasteiger partial charge in [0.15, 0.2) is 5.13 Å². The molecule has 0 saturated heterocycles. The normalized spacial score (nSPS) is 12.4. The second-order valence-electron chi connectivity index (χ2n) is 3.98. The van der Waals surface area contributed by atoms with Gasteiger partial charge in [0, 0.05) is 15.4 Å². The summed E-state index contributed by atoms with van der Waals surface area (Å²) in [6, 6.07) is 8.15. The molecule has 0 aliphatic rings. The maximum Gasteiger partial charge on any atom is 0.183 e. The van der Waals surface area contributed by atoms with Gasteiger partial charge in [0.1, 0.15) is 0 Å².